The van der Waals surface area contributed by atoms with Gasteiger partial charge in [-0.05, 0) is 51.2 Å². The van der Waals surface area contributed by atoms with Crippen molar-refractivity contribution in [3.05, 3.63) is 58.0 Å². The first kappa shape index (κ1) is 17.3. The van der Waals surface area contributed by atoms with Gasteiger partial charge in [0, 0.05) is 5.56 Å². The van der Waals surface area contributed by atoms with E-state index in [2.05, 4.69) is 11.4 Å². The molecule has 1 amide bonds. The highest BCUT2D eigenvalue weighted by atomic mass is 16.5. The monoisotopic (exact) mass is 341 g/mol. The van der Waals surface area contributed by atoms with Crippen LogP contribution in [0.25, 0.3) is 0 Å². The van der Waals surface area contributed by atoms with E-state index in [1.54, 1.807) is 13.8 Å². The molecule has 5 heteroatoms. The Balaban J connectivity index is 1.60. The minimum atomic E-state index is -0.522. The first-order chi connectivity index (χ1) is 12.0. The zero-order valence-corrected chi connectivity index (χ0v) is 14.8. The van der Waals surface area contributed by atoms with Crippen LogP contribution >= 0.6 is 0 Å². The zero-order valence-electron chi connectivity index (χ0n) is 14.8. The first-order valence-electron chi connectivity index (χ1n) is 8.58. The number of carbonyl (C=O) groups is 2. The third-order valence-electron chi connectivity index (χ3n) is 4.80. The lowest BCUT2D eigenvalue weighted by atomic mass is 9.88. The fourth-order valence-corrected chi connectivity index (χ4v) is 3.44. The van der Waals surface area contributed by atoms with Crippen LogP contribution in [0.3, 0.4) is 0 Å². The molecule has 0 aliphatic heterocycles. The van der Waals surface area contributed by atoms with E-state index in [-0.39, 0.29) is 18.6 Å². The lowest BCUT2D eigenvalue weighted by molar-refractivity contribution is -0.125. The Morgan fingerprint density at radius 2 is 1.96 bits per heavy atom. The SMILES string of the molecule is Cc1oc(C)c(C(=O)OCC(=O)N[C@H]2CCCc3ccccc32)c1C. The molecule has 0 fully saturated rings. The normalized spacial score (nSPS) is 16.2. The van der Waals surface area contributed by atoms with Gasteiger partial charge in [-0.15, -0.1) is 0 Å². The summed E-state index contributed by atoms with van der Waals surface area (Å²) < 4.78 is 10.6. The van der Waals surface area contributed by atoms with Gasteiger partial charge in [0.05, 0.1) is 6.04 Å². The molecule has 25 heavy (non-hydrogen) atoms. The second kappa shape index (κ2) is 7.13. The average Bonchev–Trinajstić information content (AvgIpc) is 2.85. The molecule has 2 aromatic rings. The van der Waals surface area contributed by atoms with E-state index in [1.165, 1.54) is 5.56 Å². The van der Waals surface area contributed by atoms with E-state index in [9.17, 15) is 9.59 Å². The molecule has 0 radical (unpaired) electrons. The molecule has 0 spiro atoms. The Labute approximate surface area is 147 Å². The van der Waals surface area contributed by atoms with Crippen molar-refractivity contribution in [3.63, 3.8) is 0 Å². The molecule has 3 rings (SSSR count). The van der Waals surface area contributed by atoms with Crippen LogP contribution in [0.5, 0.6) is 0 Å². The number of benzene rings is 1. The van der Waals surface area contributed by atoms with Gasteiger partial charge in [0.25, 0.3) is 5.91 Å². The van der Waals surface area contributed by atoms with Crippen LogP contribution < -0.4 is 5.32 Å². The van der Waals surface area contributed by atoms with Gasteiger partial charge in [0.2, 0.25) is 0 Å². The van der Waals surface area contributed by atoms with Gasteiger partial charge in [0.1, 0.15) is 17.1 Å². The third kappa shape index (κ3) is 3.60. The lowest BCUT2D eigenvalue weighted by Crippen LogP contribution is -2.34. The van der Waals surface area contributed by atoms with Gasteiger partial charge in [0.15, 0.2) is 6.61 Å². The van der Waals surface area contributed by atoms with Crippen LogP contribution in [0.15, 0.2) is 28.7 Å². The largest absolute Gasteiger partial charge is 0.465 e. The van der Waals surface area contributed by atoms with Gasteiger partial charge in [-0.2, -0.15) is 0 Å². The summed E-state index contributed by atoms with van der Waals surface area (Å²) >= 11 is 0. The maximum atomic E-state index is 12.2. The van der Waals surface area contributed by atoms with Crippen LogP contribution in [0.1, 0.15) is 57.5 Å². The molecule has 5 nitrogen and oxygen atoms in total. The summed E-state index contributed by atoms with van der Waals surface area (Å²) in [5.41, 5.74) is 3.60. The van der Waals surface area contributed by atoms with Gasteiger partial charge >= 0.3 is 5.97 Å². The third-order valence-corrected chi connectivity index (χ3v) is 4.80. The topological polar surface area (TPSA) is 68.5 Å². The minimum Gasteiger partial charge on any atom is -0.465 e. The minimum absolute atomic E-state index is 0.0178. The number of amides is 1. The fraction of sp³-hybridized carbons (Fsp3) is 0.400. The number of ether oxygens (including phenoxy) is 1. The van der Waals surface area contributed by atoms with Gasteiger partial charge in [-0.1, -0.05) is 24.3 Å². The first-order valence-corrected chi connectivity index (χ1v) is 8.58. The molecular formula is C20H23NO4. The van der Waals surface area contributed by atoms with Crippen molar-refractivity contribution in [2.75, 3.05) is 6.61 Å². The number of hydrogen-bond acceptors (Lipinski definition) is 4. The Bertz CT molecular complexity index is 806. The number of carbonyl (C=O) groups excluding carboxylic acids is 2. The quantitative estimate of drug-likeness (QED) is 0.864. The number of furan rings is 1. The van der Waals surface area contributed by atoms with Crippen LogP contribution in [0.4, 0.5) is 0 Å². The summed E-state index contributed by atoms with van der Waals surface area (Å²) in [4.78, 5) is 24.5. The van der Waals surface area contributed by atoms with E-state index >= 15 is 0 Å². The van der Waals surface area contributed by atoms with Gasteiger partial charge in [-0.25, -0.2) is 4.79 Å². The van der Waals surface area contributed by atoms with E-state index in [4.69, 9.17) is 9.15 Å². The molecule has 1 N–H and O–H groups in total. The Morgan fingerprint density at radius 3 is 2.68 bits per heavy atom. The van der Waals surface area contributed by atoms with Crippen molar-refractivity contribution in [1.29, 1.82) is 0 Å². The van der Waals surface area contributed by atoms with Crippen molar-refractivity contribution in [2.24, 2.45) is 0 Å². The Kier molecular flexibility index (Phi) is 4.93. The standard InChI is InChI=1S/C20H23NO4/c1-12-13(2)25-14(3)19(12)20(23)24-11-18(22)21-17-10-6-8-15-7-4-5-9-16(15)17/h4-5,7,9,17H,6,8,10-11H2,1-3H3,(H,21,22)/t17-/m0/s1. The number of aryl methyl sites for hydroxylation is 3. The number of rotatable bonds is 4. The summed E-state index contributed by atoms with van der Waals surface area (Å²) in [5.74, 6) is 0.394. The molecule has 1 aromatic carbocycles. The number of esters is 1. The van der Waals surface area contributed by atoms with Crippen molar-refractivity contribution in [3.8, 4) is 0 Å². The molecule has 1 aliphatic rings. The molecule has 1 aliphatic carbocycles. The summed E-state index contributed by atoms with van der Waals surface area (Å²) in [6.07, 6.45) is 2.97. The maximum Gasteiger partial charge on any atom is 0.342 e. The summed E-state index contributed by atoms with van der Waals surface area (Å²) in [6, 6.07) is 8.13. The predicted octanol–water partition coefficient (Wildman–Crippen LogP) is 3.56. The van der Waals surface area contributed by atoms with Crippen molar-refractivity contribution < 1.29 is 18.7 Å². The average molecular weight is 341 g/mol. The zero-order chi connectivity index (χ0) is 18.0. The molecule has 0 bridgehead atoms. The molecule has 0 saturated heterocycles. The van der Waals surface area contributed by atoms with E-state index in [0.717, 1.165) is 30.4 Å². The van der Waals surface area contributed by atoms with Crippen LogP contribution in [0, 0.1) is 20.8 Å². The van der Waals surface area contributed by atoms with E-state index in [1.807, 2.05) is 25.1 Å². The molecule has 132 valence electrons. The molecular weight excluding hydrogens is 318 g/mol. The Hall–Kier alpha value is -2.56. The van der Waals surface area contributed by atoms with E-state index in [0.29, 0.717) is 17.1 Å². The van der Waals surface area contributed by atoms with Crippen molar-refractivity contribution in [2.45, 2.75) is 46.1 Å². The molecule has 0 unspecified atom stereocenters. The van der Waals surface area contributed by atoms with E-state index < -0.39 is 5.97 Å². The molecule has 1 atom stereocenters. The van der Waals surface area contributed by atoms with Crippen molar-refractivity contribution in [1.82, 2.24) is 5.32 Å². The van der Waals surface area contributed by atoms with Crippen LogP contribution in [-0.4, -0.2) is 18.5 Å². The lowest BCUT2D eigenvalue weighted by Gasteiger charge is -2.26. The highest BCUT2D eigenvalue weighted by molar-refractivity contribution is 5.93. The smallest absolute Gasteiger partial charge is 0.342 e. The Morgan fingerprint density at radius 1 is 1.20 bits per heavy atom. The number of nitrogens with one attached hydrogen (secondary N) is 1. The summed E-state index contributed by atoms with van der Waals surface area (Å²) in [5, 5.41) is 2.98. The summed E-state index contributed by atoms with van der Waals surface area (Å²) in [7, 11) is 0. The second-order valence-corrected chi connectivity index (χ2v) is 6.50. The highest BCUT2D eigenvalue weighted by Gasteiger charge is 2.23. The van der Waals surface area contributed by atoms with Crippen LogP contribution in [0.2, 0.25) is 0 Å². The number of fused-ring (bicyclic) bond motifs is 1. The number of hydrogen-bond donors (Lipinski definition) is 1. The molecule has 1 heterocycles. The molecule has 0 saturated carbocycles. The van der Waals surface area contributed by atoms with Crippen molar-refractivity contribution >= 4 is 11.9 Å². The van der Waals surface area contributed by atoms with Gasteiger partial charge < -0.3 is 14.5 Å². The summed E-state index contributed by atoms with van der Waals surface area (Å²) in [6.45, 7) is 5.03. The van der Waals surface area contributed by atoms with Gasteiger partial charge in [-0.3, -0.25) is 4.79 Å². The highest BCUT2D eigenvalue weighted by Crippen LogP contribution is 2.29. The second-order valence-electron chi connectivity index (χ2n) is 6.50. The van der Waals surface area contributed by atoms with Crippen LogP contribution in [-0.2, 0) is 16.0 Å². The predicted molar refractivity (Wildman–Crippen MR) is 93.5 cm³/mol. The maximum absolute atomic E-state index is 12.2. The fourth-order valence-electron chi connectivity index (χ4n) is 3.44. The molecule has 1 aromatic heterocycles.